The number of amides is 2. The number of carboxylic acid groups (broad SMARTS) is 1. The van der Waals surface area contributed by atoms with Gasteiger partial charge in [0.25, 0.3) is 0 Å². The van der Waals surface area contributed by atoms with E-state index in [1.54, 1.807) is 13.0 Å². The van der Waals surface area contributed by atoms with Crippen LogP contribution in [0.5, 0.6) is 0 Å². The molecule has 3 heterocycles. The maximum Gasteiger partial charge on any atom is 0.328 e. The van der Waals surface area contributed by atoms with Crippen LogP contribution in [-0.2, 0) is 38.1 Å². The Morgan fingerprint density at radius 2 is 1.81 bits per heavy atom. The lowest BCUT2D eigenvalue weighted by Gasteiger charge is -2.39. The number of ether oxygens (including phenoxy) is 4. The van der Waals surface area contributed by atoms with E-state index in [9.17, 15) is 24.3 Å². The summed E-state index contributed by atoms with van der Waals surface area (Å²) in [6.07, 6.45) is 10.8. The molecule has 3 N–H and O–H groups in total. The van der Waals surface area contributed by atoms with Crippen molar-refractivity contribution in [1.29, 1.82) is 0 Å². The van der Waals surface area contributed by atoms with Gasteiger partial charge in [0.1, 0.15) is 11.6 Å². The summed E-state index contributed by atoms with van der Waals surface area (Å²) in [6.45, 7) is 12.7. The number of aliphatic carboxylic acids is 1. The van der Waals surface area contributed by atoms with E-state index in [0.717, 1.165) is 18.4 Å². The predicted molar refractivity (Wildman–Crippen MR) is 159 cm³/mol. The summed E-state index contributed by atoms with van der Waals surface area (Å²) in [5.41, 5.74) is -0.568. The normalized spacial score (nSPS) is 32.0. The number of carbonyl (C=O) groups excluding carboxylic acids is 3. The van der Waals surface area contributed by atoms with Gasteiger partial charge >= 0.3 is 11.9 Å². The molecule has 0 radical (unpaired) electrons. The summed E-state index contributed by atoms with van der Waals surface area (Å²) in [4.78, 5) is 47.3. The van der Waals surface area contributed by atoms with Crippen molar-refractivity contribution in [1.82, 2.24) is 10.6 Å². The number of carboxylic acids is 1. The highest BCUT2D eigenvalue weighted by atomic mass is 16.6. The molecule has 43 heavy (non-hydrogen) atoms. The minimum absolute atomic E-state index is 0.0121. The van der Waals surface area contributed by atoms with Gasteiger partial charge in [0.2, 0.25) is 11.8 Å². The Hall–Kier alpha value is -3.02. The number of esters is 1. The Morgan fingerprint density at radius 1 is 1.12 bits per heavy atom. The van der Waals surface area contributed by atoms with Crippen LogP contribution < -0.4 is 10.6 Å². The second-order valence-electron chi connectivity index (χ2n) is 12.8. The van der Waals surface area contributed by atoms with Crippen LogP contribution >= 0.6 is 0 Å². The molecule has 3 aliphatic heterocycles. The van der Waals surface area contributed by atoms with Crippen LogP contribution in [0.2, 0.25) is 0 Å². The molecule has 3 fully saturated rings. The van der Waals surface area contributed by atoms with Gasteiger partial charge in [0.15, 0.2) is 0 Å². The van der Waals surface area contributed by atoms with Crippen LogP contribution in [-0.4, -0.2) is 83.2 Å². The fourth-order valence-corrected chi connectivity index (χ4v) is 5.54. The topological polar surface area (TPSA) is 153 Å². The van der Waals surface area contributed by atoms with Crippen LogP contribution in [0.15, 0.2) is 36.0 Å². The first-order chi connectivity index (χ1) is 20.1. The summed E-state index contributed by atoms with van der Waals surface area (Å²) in [5, 5.41) is 14.8. The van der Waals surface area contributed by atoms with Crippen molar-refractivity contribution >= 4 is 23.8 Å². The van der Waals surface area contributed by atoms with Gasteiger partial charge in [-0.3, -0.25) is 14.4 Å². The zero-order chi connectivity index (χ0) is 31.9. The van der Waals surface area contributed by atoms with Gasteiger partial charge in [-0.15, -0.1) is 0 Å². The Kier molecular flexibility index (Phi) is 11.7. The van der Waals surface area contributed by atoms with E-state index in [1.807, 2.05) is 26.0 Å². The highest BCUT2D eigenvalue weighted by molar-refractivity contribution is 5.88. The molecule has 0 aliphatic carbocycles. The monoisotopic (exact) mass is 604 g/mol. The Morgan fingerprint density at radius 3 is 2.44 bits per heavy atom. The number of rotatable bonds is 12. The average molecular weight is 605 g/mol. The largest absolute Gasteiger partial charge is 0.480 e. The zero-order valence-corrected chi connectivity index (χ0v) is 26.4. The van der Waals surface area contributed by atoms with Crippen molar-refractivity contribution in [2.24, 2.45) is 5.92 Å². The average Bonchev–Trinajstić information content (AvgIpc) is 3.63. The molecule has 0 saturated carbocycles. The molecule has 3 saturated heterocycles. The van der Waals surface area contributed by atoms with Gasteiger partial charge in [0.05, 0.1) is 49.1 Å². The maximum atomic E-state index is 12.5. The van der Waals surface area contributed by atoms with Crippen molar-refractivity contribution < 1.29 is 43.2 Å². The SMILES string of the molecule is CC(=O)O[C@@H](C)/C=C\C(=O)N[C@@H]1C[C@H](C)[C@H](C/C=C(C)/C=C/[C@@H]2C[C@]3(CO3)C[C@@H](CC(=O)NC(C)(C)C(=O)O)O2)O[C@@H]1C. The van der Waals surface area contributed by atoms with Crippen LogP contribution in [0.1, 0.15) is 80.6 Å². The summed E-state index contributed by atoms with van der Waals surface area (Å²) < 4.78 is 23.2. The molecule has 2 amide bonds. The van der Waals surface area contributed by atoms with Crippen molar-refractivity contribution in [2.45, 2.75) is 128 Å². The molecule has 0 aromatic carbocycles. The van der Waals surface area contributed by atoms with Crippen LogP contribution in [0.4, 0.5) is 0 Å². The third-order valence-electron chi connectivity index (χ3n) is 8.15. The minimum atomic E-state index is -1.35. The second kappa shape index (κ2) is 14.6. The van der Waals surface area contributed by atoms with Crippen LogP contribution in [0, 0.1) is 5.92 Å². The second-order valence-corrected chi connectivity index (χ2v) is 12.8. The van der Waals surface area contributed by atoms with Gasteiger partial charge in [-0.1, -0.05) is 30.7 Å². The van der Waals surface area contributed by atoms with Crippen LogP contribution in [0.3, 0.4) is 0 Å². The van der Waals surface area contributed by atoms with Gasteiger partial charge in [-0.05, 0) is 59.5 Å². The number of hydrogen-bond acceptors (Lipinski definition) is 8. The van der Waals surface area contributed by atoms with Gasteiger partial charge < -0.3 is 34.7 Å². The molecule has 240 valence electrons. The standard InChI is InChI=1S/C32H48N2O9/c1-19(8-11-24-16-32(18-40-32)17-25(43-24)15-29(37)34-31(6,7)30(38)39)9-12-27-20(2)14-26(22(4)42-27)33-28(36)13-10-21(3)41-23(5)35/h8-11,13,20-22,24-27H,12,14-18H2,1-7H3,(H,33,36)(H,34,37)(H,38,39)/b11-8+,13-10-,19-9+/t20-,21-,22+,24+,25+,26+,27-,32+/m0/s1. The minimum Gasteiger partial charge on any atom is -0.480 e. The molecule has 11 heteroatoms. The summed E-state index contributed by atoms with van der Waals surface area (Å²) >= 11 is 0. The first-order valence-electron chi connectivity index (χ1n) is 15.1. The number of hydrogen-bond donors (Lipinski definition) is 3. The highest BCUT2D eigenvalue weighted by Gasteiger charge is 2.51. The van der Waals surface area contributed by atoms with Crippen molar-refractivity contribution in [2.75, 3.05) is 6.61 Å². The van der Waals surface area contributed by atoms with E-state index in [0.29, 0.717) is 19.4 Å². The van der Waals surface area contributed by atoms with Crippen molar-refractivity contribution in [3.05, 3.63) is 36.0 Å². The molecule has 0 aromatic heterocycles. The Bertz CT molecular complexity index is 1120. The third-order valence-corrected chi connectivity index (χ3v) is 8.15. The molecular formula is C32H48N2O9. The van der Waals surface area contributed by atoms with Gasteiger partial charge in [0, 0.05) is 25.8 Å². The first kappa shape index (κ1) is 34.5. The summed E-state index contributed by atoms with van der Waals surface area (Å²) in [7, 11) is 0. The molecule has 11 nitrogen and oxygen atoms in total. The molecular weight excluding hydrogens is 556 g/mol. The molecule has 0 unspecified atom stereocenters. The Balaban J connectivity index is 1.48. The Labute approximate surface area is 254 Å². The number of allylic oxidation sites excluding steroid dienone is 2. The highest BCUT2D eigenvalue weighted by Crippen LogP contribution is 2.43. The summed E-state index contributed by atoms with van der Waals surface area (Å²) in [6, 6.07) is -0.122. The predicted octanol–water partition coefficient (Wildman–Crippen LogP) is 3.37. The third kappa shape index (κ3) is 10.9. The fourth-order valence-electron chi connectivity index (χ4n) is 5.54. The van der Waals surface area contributed by atoms with E-state index in [-0.39, 0.29) is 60.2 Å². The number of epoxide rings is 1. The van der Waals surface area contributed by atoms with Gasteiger partial charge in [-0.25, -0.2) is 4.79 Å². The molecule has 3 aliphatic rings. The van der Waals surface area contributed by atoms with E-state index in [1.165, 1.54) is 26.8 Å². The lowest BCUT2D eigenvalue weighted by atomic mass is 9.88. The van der Waals surface area contributed by atoms with Crippen molar-refractivity contribution in [3.63, 3.8) is 0 Å². The van der Waals surface area contributed by atoms with E-state index >= 15 is 0 Å². The van der Waals surface area contributed by atoms with E-state index < -0.39 is 23.6 Å². The quantitative estimate of drug-likeness (QED) is 0.132. The number of carbonyl (C=O) groups is 4. The smallest absolute Gasteiger partial charge is 0.328 e. The lowest BCUT2D eigenvalue weighted by molar-refractivity contribution is -0.147. The first-order valence-corrected chi connectivity index (χ1v) is 15.1. The molecule has 1 spiro atoms. The molecule has 8 atom stereocenters. The van der Waals surface area contributed by atoms with E-state index in [4.69, 9.17) is 18.9 Å². The fraction of sp³-hybridized carbons (Fsp3) is 0.688. The van der Waals surface area contributed by atoms with E-state index in [2.05, 4.69) is 23.6 Å². The lowest BCUT2D eigenvalue weighted by Crippen LogP contribution is -2.51. The van der Waals surface area contributed by atoms with Crippen LogP contribution in [0.25, 0.3) is 0 Å². The maximum absolute atomic E-state index is 12.5. The zero-order valence-electron chi connectivity index (χ0n) is 26.4. The van der Waals surface area contributed by atoms with Gasteiger partial charge in [-0.2, -0.15) is 0 Å². The van der Waals surface area contributed by atoms with Crippen molar-refractivity contribution in [3.8, 4) is 0 Å². The molecule has 0 bridgehead atoms. The number of nitrogens with one attached hydrogen (secondary N) is 2. The summed E-state index contributed by atoms with van der Waals surface area (Å²) in [5.74, 6) is -1.88. The molecule has 0 aromatic rings. The molecule has 3 rings (SSSR count).